The van der Waals surface area contributed by atoms with Gasteiger partial charge in [-0.05, 0) is 45.9 Å². The van der Waals surface area contributed by atoms with Gasteiger partial charge in [-0.1, -0.05) is 78.3 Å². The van der Waals surface area contributed by atoms with Gasteiger partial charge in [0.1, 0.15) is 11.9 Å². The lowest BCUT2D eigenvalue weighted by atomic mass is 10.2. The van der Waals surface area contributed by atoms with E-state index in [0.717, 1.165) is 14.7 Å². The summed E-state index contributed by atoms with van der Waals surface area (Å²) in [6.07, 6.45) is -0.675. The van der Waals surface area contributed by atoms with Crippen LogP contribution in [0.3, 0.4) is 0 Å². The molecule has 3 aromatic rings. The predicted octanol–water partition coefficient (Wildman–Crippen LogP) is 6.14. The highest BCUT2D eigenvalue weighted by Gasteiger charge is 2.25. The SMILES string of the molecule is CO[C@@H](COCc1ccccc1)[C@@H](COCc1ccccc1)Oc1cccc(Cl)c1I. The standard InChI is InChI=1S/C25H26ClIO4/c1-28-23(17-29-15-19-9-4-2-5-10-19)24(18-30-16-20-11-6-3-7-12-20)31-22-14-8-13-21(26)25(22)27/h2-14,23-24H,15-18H2,1H3/t23-,24+/m0/s1. The summed E-state index contributed by atoms with van der Waals surface area (Å²) >= 11 is 8.46. The van der Waals surface area contributed by atoms with Crippen LogP contribution < -0.4 is 4.74 Å². The van der Waals surface area contributed by atoms with Gasteiger partial charge < -0.3 is 18.9 Å². The quantitative estimate of drug-likeness (QED) is 0.253. The van der Waals surface area contributed by atoms with Crippen molar-refractivity contribution in [2.24, 2.45) is 0 Å². The van der Waals surface area contributed by atoms with Gasteiger partial charge in [0.15, 0.2) is 6.10 Å². The molecular formula is C25H26ClIO4. The van der Waals surface area contributed by atoms with Crippen LogP contribution in [0.25, 0.3) is 0 Å². The van der Waals surface area contributed by atoms with E-state index in [-0.39, 0.29) is 12.2 Å². The largest absolute Gasteiger partial charge is 0.484 e. The highest BCUT2D eigenvalue weighted by atomic mass is 127. The Balaban J connectivity index is 1.65. The first-order chi connectivity index (χ1) is 15.2. The lowest BCUT2D eigenvalue weighted by molar-refractivity contribution is -0.0825. The van der Waals surface area contributed by atoms with Gasteiger partial charge in [-0.3, -0.25) is 0 Å². The molecule has 2 atom stereocenters. The fourth-order valence-electron chi connectivity index (χ4n) is 3.02. The van der Waals surface area contributed by atoms with E-state index < -0.39 is 0 Å². The number of methoxy groups -OCH3 is 1. The van der Waals surface area contributed by atoms with Gasteiger partial charge in [0.2, 0.25) is 0 Å². The minimum Gasteiger partial charge on any atom is -0.484 e. The van der Waals surface area contributed by atoms with Gasteiger partial charge in [-0.15, -0.1) is 0 Å². The van der Waals surface area contributed by atoms with Crippen LogP contribution in [0.2, 0.25) is 5.02 Å². The van der Waals surface area contributed by atoms with Crippen LogP contribution in [-0.2, 0) is 27.4 Å². The van der Waals surface area contributed by atoms with Crippen molar-refractivity contribution in [2.75, 3.05) is 20.3 Å². The number of benzene rings is 3. The molecule has 164 valence electrons. The van der Waals surface area contributed by atoms with E-state index in [1.807, 2.05) is 78.9 Å². The molecule has 4 nitrogen and oxygen atoms in total. The van der Waals surface area contributed by atoms with Gasteiger partial charge in [0.25, 0.3) is 0 Å². The number of hydrogen-bond donors (Lipinski definition) is 0. The van der Waals surface area contributed by atoms with Crippen molar-refractivity contribution >= 4 is 34.2 Å². The molecule has 0 spiro atoms. The van der Waals surface area contributed by atoms with Gasteiger partial charge >= 0.3 is 0 Å². The fourth-order valence-corrected chi connectivity index (χ4v) is 3.67. The van der Waals surface area contributed by atoms with E-state index in [1.165, 1.54) is 0 Å². The molecule has 0 radical (unpaired) electrons. The summed E-state index contributed by atoms with van der Waals surface area (Å²) in [4.78, 5) is 0. The van der Waals surface area contributed by atoms with Gasteiger partial charge in [-0.2, -0.15) is 0 Å². The molecule has 0 fully saturated rings. The smallest absolute Gasteiger partial charge is 0.150 e. The number of hydrogen-bond acceptors (Lipinski definition) is 4. The van der Waals surface area contributed by atoms with Crippen LogP contribution >= 0.6 is 34.2 Å². The first kappa shape index (κ1) is 24.0. The zero-order valence-corrected chi connectivity index (χ0v) is 20.3. The highest BCUT2D eigenvalue weighted by molar-refractivity contribution is 14.1. The van der Waals surface area contributed by atoms with Crippen molar-refractivity contribution in [3.05, 3.63) is 98.6 Å². The summed E-state index contributed by atoms with van der Waals surface area (Å²) in [5.41, 5.74) is 2.22. The Kier molecular flexibility index (Phi) is 10.1. The van der Waals surface area contributed by atoms with E-state index in [0.29, 0.717) is 37.2 Å². The van der Waals surface area contributed by atoms with Gasteiger partial charge in [-0.25, -0.2) is 0 Å². The third-order valence-corrected chi connectivity index (χ3v) is 6.45. The molecule has 6 heteroatoms. The van der Waals surface area contributed by atoms with E-state index in [1.54, 1.807) is 7.11 Å². The molecule has 0 bridgehead atoms. The van der Waals surface area contributed by atoms with Crippen molar-refractivity contribution in [2.45, 2.75) is 25.4 Å². The van der Waals surface area contributed by atoms with Gasteiger partial charge in [0.05, 0.1) is 35.0 Å². The molecule has 0 unspecified atom stereocenters. The molecule has 3 rings (SSSR count). The van der Waals surface area contributed by atoms with E-state index in [2.05, 4.69) is 22.6 Å². The summed E-state index contributed by atoms with van der Waals surface area (Å²) in [6, 6.07) is 25.7. The topological polar surface area (TPSA) is 36.9 Å². The minimum absolute atomic E-state index is 0.311. The normalized spacial score (nSPS) is 13.0. The zero-order chi connectivity index (χ0) is 21.9. The molecule has 3 aromatic carbocycles. The van der Waals surface area contributed by atoms with E-state index >= 15 is 0 Å². The Morgan fingerprint density at radius 2 is 1.29 bits per heavy atom. The second kappa shape index (κ2) is 13.0. The molecule has 0 aliphatic rings. The maximum absolute atomic E-state index is 6.30. The zero-order valence-electron chi connectivity index (χ0n) is 17.4. The van der Waals surface area contributed by atoms with E-state index in [4.69, 9.17) is 30.5 Å². The molecule has 0 aromatic heterocycles. The van der Waals surface area contributed by atoms with Crippen LogP contribution in [0.5, 0.6) is 5.75 Å². The Morgan fingerprint density at radius 3 is 1.84 bits per heavy atom. The summed E-state index contributed by atoms with van der Waals surface area (Å²) < 4.78 is 24.8. The maximum atomic E-state index is 6.30. The van der Waals surface area contributed by atoms with Crippen LogP contribution in [-0.4, -0.2) is 32.5 Å². The summed E-state index contributed by atoms with van der Waals surface area (Å²) in [5, 5.41) is 0.649. The Labute approximate surface area is 202 Å². The molecule has 0 saturated heterocycles. The predicted molar refractivity (Wildman–Crippen MR) is 132 cm³/mol. The molecule has 0 aliphatic carbocycles. The monoisotopic (exact) mass is 552 g/mol. The number of rotatable bonds is 12. The van der Waals surface area contributed by atoms with Gasteiger partial charge in [0, 0.05) is 7.11 Å². The van der Waals surface area contributed by atoms with Crippen molar-refractivity contribution in [1.29, 1.82) is 0 Å². The third-order valence-electron chi connectivity index (χ3n) is 4.70. The third kappa shape index (κ3) is 7.77. The Hall–Kier alpha value is -1.64. The molecule has 0 amide bonds. The van der Waals surface area contributed by atoms with E-state index in [9.17, 15) is 0 Å². The fraction of sp³-hybridized carbons (Fsp3) is 0.280. The minimum atomic E-state index is -0.364. The molecule has 0 aliphatic heterocycles. The summed E-state index contributed by atoms with van der Waals surface area (Å²) in [6.45, 7) is 1.73. The number of halogens is 2. The average Bonchev–Trinajstić information content (AvgIpc) is 2.80. The highest BCUT2D eigenvalue weighted by Crippen LogP contribution is 2.29. The maximum Gasteiger partial charge on any atom is 0.150 e. The second-order valence-corrected chi connectivity index (χ2v) is 8.47. The summed E-state index contributed by atoms with van der Waals surface area (Å²) in [5.74, 6) is 0.700. The van der Waals surface area contributed by atoms with Crippen molar-refractivity contribution < 1.29 is 18.9 Å². The molecule has 0 heterocycles. The van der Waals surface area contributed by atoms with Crippen LogP contribution in [0.15, 0.2) is 78.9 Å². The molecule has 0 saturated carbocycles. The molecular weight excluding hydrogens is 527 g/mol. The first-order valence-corrected chi connectivity index (χ1v) is 11.5. The first-order valence-electron chi connectivity index (χ1n) is 10.0. The Morgan fingerprint density at radius 1 is 0.742 bits per heavy atom. The average molecular weight is 553 g/mol. The lowest BCUT2D eigenvalue weighted by Crippen LogP contribution is -2.40. The number of ether oxygens (including phenoxy) is 4. The van der Waals surface area contributed by atoms with Crippen molar-refractivity contribution in [3.63, 3.8) is 0 Å². The van der Waals surface area contributed by atoms with Crippen LogP contribution in [0.1, 0.15) is 11.1 Å². The van der Waals surface area contributed by atoms with Crippen molar-refractivity contribution in [1.82, 2.24) is 0 Å². The van der Waals surface area contributed by atoms with Crippen LogP contribution in [0.4, 0.5) is 0 Å². The summed E-state index contributed by atoms with van der Waals surface area (Å²) in [7, 11) is 1.66. The lowest BCUT2D eigenvalue weighted by Gasteiger charge is -2.27. The van der Waals surface area contributed by atoms with Crippen molar-refractivity contribution in [3.8, 4) is 5.75 Å². The second-order valence-electron chi connectivity index (χ2n) is 6.98. The molecule has 31 heavy (non-hydrogen) atoms. The Bertz CT molecular complexity index is 908. The molecule has 0 N–H and O–H groups in total. The van der Waals surface area contributed by atoms with Crippen LogP contribution in [0, 0.1) is 3.57 Å².